The Kier molecular flexibility index (Phi) is 3.25. The van der Waals surface area contributed by atoms with Gasteiger partial charge in [-0.25, -0.2) is 4.98 Å². The molecule has 86 valence electrons. The molecule has 0 aliphatic carbocycles. The molecule has 0 bridgehead atoms. The van der Waals surface area contributed by atoms with E-state index in [2.05, 4.69) is 15.6 Å². The zero-order valence-corrected chi connectivity index (χ0v) is 9.61. The number of aliphatic hydroxyl groups excluding tert-OH is 1. The first-order chi connectivity index (χ1) is 7.81. The lowest BCUT2D eigenvalue weighted by Gasteiger charge is -2.18. The molecule has 4 heteroatoms. The van der Waals surface area contributed by atoms with Crippen LogP contribution in [0.4, 0.5) is 0 Å². The zero-order valence-electron chi connectivity index (χ0n) is 9.61. The number of aliphatic hydroxyl groups is 1. The maximum Gasteiger partial charge on any atom is 0.126 e. The Morgan fingerprint density at radius 2 is 2.38 bits per heavy atom. The third kappa shape index (κ3) is 1.72. The quantitative estimate of drug-likeness (QED) is 0.842. The van der Waals surface area contributed by atoms with Crippen LogP contribution >= 0.6 is 0 Å². The summed E-state index contributed by atoms with van der Waals surface area (Å²) < 4.78 is 2.15. The fraction of sp³-hybridized carbons (Fsp3) is 0.667. The number of fused-ring (bicyclic) bond motifs is 1. The topological polar surface area (TPSA) is 61.8 Å². The Balaban J connectivity index is 2.46. The molecular formula is C12H17N3O. The number of nitriles is 1. The summed E-state index contributed by atoms with van der Waals surface area (Å²) in [6, 6.07) is 2.29. The molecule has 1 unspecified atom stereocenters. The van der Waals surface area contributed by atoms with Crippen molar-refractivity contribution in [2.45, 2.75) is 51.7 Å². The van der Waals surface area contributed by atoms with Crippen LogP contribution in [0.2, 0.25) is 0 Å². The summed E-state index contributed by atoms with van der Waals surface area (Å²) in [4.78, 5) is 4.44. The summed E-state index contributed by atoms with van der Waals surface area (Å²) >= 11 is 0. The highest BCUT2D eigenvalue weighted by atomic mass is 16.3. The van der Waals surface area contributed by atoms with Gasteiger partial charge < -0.3 is 9.67 Å². The lowest BCUT2D eigenvalue weighted by molar-refractivity contribution is 0.275. The monoisotopic (exact) mass is 219 g/mol. The smallest absolute Gasteiger partial charge is 0.126 e. The fourth-order valence-electron chi connectivity index (χ4n) is 2.37. The van der Waals surface area contributed by atoms with E-state index in [9.17, 15) is 5.11 Å². The van der Waals surface area contributed by atoms with Gasteiger partial charge in [-0.15, -0.1) is 0 Å². The highest BCUT2D eigenvalue weighted by Gasteiger charge is 2.23. The van der Waals surface area contributed by atoms with Crippen molar-refractivity contribution in [2.75, 3.05) is 0 Å². The van der Waals surface area contributed by atoms with Gasteiger partial charge in [0.1, 0.15) is 11.7 Å². The van der Waals surface area contributed by atoms with Gasteiger partial charge in [-0.3, -0.25) is 0 Å². The molecular weight excluding hydrogens is 202 g/mol. The van der Waals surface area contributed by atoms with Crippen LogP contribution in [0.5, 0.6) is 0 Å². The van der Waals surface area contributed by atoms with Gasteiger partial charge in [0.2, 0.25) is 0 Å². The minimum atomic E-state index is -0.142. The van der Waals surface area contributed by atoms with Crippen molar-refractivity contribution in [1.82, 2.24) is 9.55 Å². The molecule has 1 N–H and O–H groups in total. The first kappa shape index (κ1) is 11.2. The summed E-state index contributed by atoms with van der Waals surface area (Å²) in [6.45, 7) is 2.92. The van der Waals surface area contributed by atoms with Gasteiger partial charge in [0.25, 0.3) is 0 Å². The summed E-state index contributed by atoms with van der Waals surface area (Å²) in [6.07, 6.45) is 4.05. The van der Waals surface area contributed by atoms with Crippen molar-refractivity contribution >= 4 is 0 Å². The standard InChI is InChI=1S/C12H17N3O/c1-2-9(7-13)12-14-10(8-16)11-5-3-4-6-15(11)12/h9,16H,2-6,8H2,1H3. The van der Waals surface area contributed by atoms with Crippen LogP contribution in [0.1, 0.15) is 49.3 Å². The zero-order chi connectivity index (χ0) is 11.5. The Hall–Kier alpha value is -1.34. The molecule has 2 heterocycles. The van der Waals surface area contributed by atoms with E-state index in [1.165, 1.54) is 0 Å². The molecule has 0 fully saturated rings. The molecule has 1 aromatic rings. The predicted octanol–water partition coefficient (Wildman–Crippen LogP) is 1.73. The lowest BCUT2D eigenvalue weighted by Crippen LogP contribution is -2.15. The molecule has 0 saturated carbocycles. The van der Waals surface area contributed by atoms with Crippen LogP contribution < -0.4 is 0 Å². The molecule has 1 aromatic heterocycles. The van der Waals surface area contributed by atoms with Gasteiger partial charge in [0.05, 0.1) is 18.4 Å². The average molecular weight is 219 g/mol. The molecule has 1 aliphatic heterocycles. The number of hydrogen-bond acceptors (Lipinski definition) is 3. The van der Waals surface area contributed by atoms with E-state index < -0.39 is 0 Å². The van der Waals surface area contributed by atoms with Crippen molar-refractivity contribution in [3.63, 3.8) is 0 Å². The van der Waals surface area contributed by atoms with E-state index in [-0.39, 0.29) is 12.5 Å². The van der Waals surface area contributed by atoms with Crippen LogP contribution in [0, 0.1) is 11.3 Å². The predicted molar refractivity (Wildman–Crippen MR) is 59.7 cm³/mol. The van der Waals surface area contributed by atoms with Gasteiger partial charge in [-0.2, -0.15) is 5.26 Å². The van der Waals surface area contributed by atoms with Gasteiger partial charge in [0.15, 0.2) is 0 Å². The number of imidazole rings is 1. The van der Waals surface area contributed by atoms with Crippen molar-refractivity contribution < 1.29 is 5.11 Å². The van der Waals surface area contributed by atoms with Crippen molar-refractivity contribution in [1.29, 1.82) is 5.26 Å². The molecule has 0 saturated heterocycles. The number of aromatic nitrogens is 2. The van der Waals surface area contributed by atoms with Gasteiger partial charge in [0, 0.05) is 12.2 Å². The SMILES string of the molecule is CCC(C#N)c1nc(CO)c2n1CCCC2. The maximum atomic E-state index is 9.28. The minimum Gasteiger partial charge on any atom is -0.390 e. The first-order valence-electron chi connectivity index (χ1n) is 5.90. The molecule has 2 rings (SSSR count). The largest absolute Gasteiger partial charge is 0.390 e. The maximum absolute atomic E-state index is 9.28. The summed E-state index contributed by atoms with van der Waals surface area (Å²) in [5, 5.41) is 18.4. The van der Waals surface area contributed by atoms with E-state index in [1.54, 1.807) is 0 Å². The van der Waals surface area contributed by atoms with E-state index in [0.29, 0.717) is 0 Å². The first-order valence-corrected chi connectivity index (χ1v) is 5.90. The summed E-state index contributed by atoms with van der Waals surface area (Å²) in [7, 11) is 0. The average Bonchev–Trinajstić information content (AvgIpc) is 2.70. The molecule has 0 aromatic carbocycles. The second-order valence-corrected chi connectivity index (χ2v) is 4.22. The molecule has 0 amide bonds. The second-order valence-electron chi connectivity index (χ2n) is 4.22. The highest BCUT2D eigenvalue weighted by Crippen LogP contribution is 2.26. The van der Waals surface area contributed by atoms with Crippen LogP contribution in [-0.2, 0) is 19.6 Å². The Morgan fingerprint density at radius 1 is 1.56 bits per heavy atom. The number of rotatable bonds is 3. The molecule has 4 nitrogen and oxygen atoms in total. The van der Waals surface area contributed by atoms with Gasteiger partial charge >= 0.3 is 0 Å². The molecule has 0 spiro atoms. The summed E-state index contributed by atoms with van der Waals surface area (Å²) in [5.74, 6) is 0.709. The second kappa shape index (κ2) is 4.67. The Labute approximate surface area is 95.5 Å². The van der Waals surface area contributed by atoms with E-state index in [0.717, 1.165) is 49.4 Å². The van der Waals surface area contributed by atoms with Crippen LogP contribution in [0.25, 0.3) is 0 Å². The molecule has 1 atom stereocenters. The van der Waals surface area contributed by atoms with E-state index in [4.69, 9.17) is 5.26 Å². The van der Waals surface area contributed by atoms with Gasteiger partial charge in [-0.05, 0) is 25.7 Å². The molecule has 16 heavy (non-hydrogen) atoms. The Bertz CT molecular complexity index is 417. The van der Waals surface area contributed by atoms with Crippen molar-refractivity contribution in [3.8, 4) is 6.07 Å². The summed E-state index contributed by atoms with van der Waals surface area (Å²) in [5.41, 5.74) is 1.90. The molecule has 1 aliphatic rings. The Morgan fingerprint density at radius 3 is 3.00 bits per heavy atom. The van der Waals surface area contributed by atoms with Crippen LogP contribution in [-0.4, -0.2) is 14.7 Å². The van der Waals surface area contributed by atoms with Crippen LogP contribution in [0.3, 0.4) is 0 Å². The van der Waals surface area contributed by atoms with Crippen molar-refractivity contribution in [3.05, 3.63) is 17.2 Å². The van der Waals surface area contributed by atoms with E-state index in [1.807, 2.05) is 6.92 Å². The highest BCUT2D eigenvalue weighted by molar-refractivity contribution is 5.23. The lowest BCUT2D eigenvalue weighted by atomic mass is 10.1. The number of nitrogens with zero attached hydrogens (tertiary/aromatic N) is 3. The normalized spacial score (nSPS) is 16.6. The fourth-order valence-corrected chi connectivity index (χ4v) is 2.37. The third-order valence-electron chi connectivity index (χ3n) is 3.26. The number of hydrogen-bond donors (Lipinski definition) is 1. The van der Waals surface area contributed by atoms with E-state index >= 15 is 0 Å². The molecule has 0 radical (unpaired) electrons. The van der Waals surface area contributed by atoms with Gasteiger partial charge in [-0.1, -0.05) is 6.92 Å². The van der Waals surface area contributed by atoms with Crippen LogP contribution in [0.15, 0.2) is 0 Å². The van der Waals surface area contributed by atoms with Crippen molar-refractivity contribution in [2.24, 2.45) is 0 Å². The third-order valence-corrected chi connectivity index (χ3v) is 3.26. The minimum absolute atomic E-state index is 0.0167.